The Balaban J connectivity index is 2.24. The molecule has 0 aromatic heterocycles. The summed E-state index contributed by atoms with van der Waals surface area (Å²) in [6, 6.07) is 7.57. The Bertz CT molecular complexity index is 438. The van der Waals surface area contributed by atoms with Crippen LogP contribution < -0.4 is 10.1 Å². The number of amides is 1. The second kappa shape index (κ2) is 7.29. The highest BCUT2D eigenvalue weighted by molar-refractivity contribution is 5.77. The van der Waals surface area contributed by atoms with Gasteiger partial charge in [-0.1, -0.05) is 32.9 Å². The van der Waals surface area contributed by atoms with Gasteiger partial charge < -0.3 is 15.2 Å². The van der Waals surface area contributed by atoms with Crippen LogP contribution in [0.25, 0.3) is 0 Å². The third kappa shape index (κ3) is 6.06. The van der Waals surface area contributed by atoms with Crippen molar-refractivity contribution in [3.05, 3.63) is 29.8 Å². The van der Waals surface area contributed by atoms with Crippen molar-refractivity contribution in [1.82, 2.24) is 5.32 Å². The summed E-state index contributed by atoms with van der Waals surface area (Å²) in [7, 11) is 0. The molecule has 1 unspecified atom stereocenters. The van der Waals surface area contributed by atoms with Crippen LogP contribution in [0, 0.1) is 12.3 Å². The summed E-state index contributed by atoms with van der Waals surface area (Å²) in [6.07, 6.45) is 0.111. The molecule has 4 nitrogen and oxygen atoms in total. The monoisotopic (exact) mass is 279 g/mol. The average molecular weight is 279 g/mol. The molecule has 1 rings (SSSR count). The topological polar surface area (TPSA) is 58.6 Å². The molecule has 0 bridgehead atoms. The van der Waals surface area contributed by atoms with Crippen LogP contribution in [0.3, 0.4) is 0 Å². The molecule has 0 saturated carbocycles. The Labute approximate surface area is 121 Å². The van der Waals surface area contributed by atoms with E-state index >= 15 is 0 Å². The summed E-state index contributed by atoms with van der Waals surface area (Å²) in [6.45, 7) is 8.34. The van der Waals surface area contributed by atoms with Gasteiger partial charge in [-0.2, -0.15) is 0 Å². The van der Waals surface area contributed by atoms with Gasteiger partial charge in [0.05, 0.1) is 6.10 Å². The van der Waals surface area contributed by atoms with Crippen LogP contribution >= 0.6 is 0 Å². The summed E-state index contributed by atoms with van der Waals surface area (Å²) < 4.78 is 5.40. The zero-order chi connectivity index (χ0) is 15.2. The first-order valence-corrected chi connectivity index (χ1v) is 6.93. The van der Waals surface area contributed by atoms with Crippen molar-refractivity contribution in [2.24, 2.45) is 5.41 Å². The lowest BCUT2D eigenvalue weighted by molar-refractivity contribution is -0.123. The van der Waals surface area contributed by atoms with Crippen molar-refractivity contribution >= 4 is 5.91 Å². The number of benzene rings is 1. The van der Waals surface area contributed by atoms with Crippen molar-refractivity contribution in [2.75, 3.05) is 13.2 Å². The van der Waals surface area contributed by atoms with E-state index in [0.717, 1.165) is 5.56 Å². The van der Waals surface area contributed by atoms with E-state index in [4.69, 9.17) is 4.74 Å². The van der Waals surface area contributed by atoms with Gasteiger partial charge in [0.2, 0.25) is 0 Å². The highest BCUT2D eigenvalue weighted by atomic mass is 16.5. The van der Waals surface area contributed by atoms with E-state index in [1.807, 2.05) is 52.0 Å². The van der Waals surface area contributed by atoms with Crippen LogP contribution in [0.5, 0.6) is 5.75 Å². The van der Waals surface area contributed by atoms with Gasteiger partial charge in [0.15, 0.2) is 6.61 Å². The van der Waals surface area contributed by atoms with Crippen molar-refractivity contribution < 1.29 is 14.6 Å². The smallest absolute Gasteiger partial charge is 0.257 e. The summed E-state index contributed by atoms with van der Waals surface area (Å²) in [5.41, 5.74) is 0.930. The zero-order valence-corrected chi connectivity index (χ0v) is 12.8. The van der Waals surface area contributed by atoms with E-state index in [9.17, 15) is 9.90 Å². The minimum absolute atomic E-state index is 0.00489. The molecule has 0 aliphatic heterocycles. The van der Waals surface area contributed by atoms with Gasteiger partial charge in [-0.05, 0) is 36.5 Å². The van der Waals surface area contributed by atoms with Crippen molar-refractivity contribution in [3.63, 3.8) is 0 Å². The lowest BCUT2D eigenvalue weighted by Crippen LogP contribution is -2.34. The average Bonchev–Trinajstić information content (AvgIpc) is 2.35. The van der Waals surface area contributed by atoms with Crippen LogP contribution in [0.1, 0.15) is 32.8 Å². The predicted octanol–water partition coefficient (Wildman–Crippen LogP) is 2.29. The van der Waals surface area contributed by atoms with Gasteiger partial charge in [0.1, 0.15) is 5.75 Å². The first-order chi connectivity index (χ1) is 9.29. The Hall–Kier alpha value is -1.55. The number of carbonyl (C=O) groups is 1. The molecule has 0 heterocycles. The van der Waals surface area contributed by atoms with Crippen LogP contribution in [-0.4, -0.2) is 30.3 Å². The third-order valence-electron chi connectivity index (χ3n) is 3.10. The molecular weight excluding hydrogens is 254 g/mol. The highest BCUT2D eigenvalue weighted by Gasteiger charge is 2.21. The van der Waals surface area contributed by atoms with E-state index in [-0.39, 0.29) is 17.9 Å². The van der Waals surface area contributed by atoms with Crippen LogP contribution in [-0.2, 0) is 4.79 Å². The summed E-state index contributed by atoms with van der Waals surface area (Å²) in [4.78, 5) is 11.6. The summed E-state index contributed by atoms with van der Waals surface area (Å²) >= 11 is 0. The number of hydrogen-bond donors (Lipinski definition) is 2. The lowest BCUT2D eigenvalue weighted by Gasteiger charge is -2.25. The SMILES string of the molecule is Cc1cccc(OCC(=O)NCCC(O)C(C)(C)C)c1. The largest absolute Gasteiger partial charge is 0.484 e. The van der Waals surface area contributed by atoms with Crippen LogP contribution in [0.4, 0.5) is 0 Å². The van der Waals surface area contributed by atoms with Crippen molar-refractivity contribution in [2.45, 2.75) is 40.2 Å². The normalized spacial score (nSPS) is 12.8. The maximum absolute atomic E-state index is 11.6. The summed E-state index contributed by atoms with van der Waals surface area (Å²) in [5.74, 6) is 0.516. The van der Waals surface area contributed by atoms with Gasteiger partial charge in [-0.3, -0.25) is 4.79 Å². The Morgan fingerprint density at radius 2 is 2.10 bits per heavy atom. The fourth-order valence-corrected chi connectivity index (χ4v) is 1.69. The minimum atomic E-state index is -0.430. The maximum Gasteiger partial charge on any atom is 0.257 e. The van der Waals surface area contributed by atoms with Gasteiger partial charge in [-0.15, -0.1) is 0 Å². The second-order valence-corrected chi connectivity index (χ2v) is 6.13. The van der Waals surface area contributed by atoms with E-state index in [2.05, 4.69) is 5.32 Å². The fraction of sp³-hybridized carbons (Fsp3) is 0.562. The maximum atomic E-state index is 11.6. The molecule has 112 valence electrons. The van der Waals surface area contributed by atoms with E-state index in [0.29, 0.717) is 18.7 Å². The highest BCUT2D eigenvalue weighted by Crippen LogP contribution is 2.20. The van der Waals surface area contributed by atoms with Crippen molar-refractivity contribution in [3.8, 4) is 5.75 Å². The summed E-state index contributed by atoms with van der Waals surface area (Å²) in [5, 5.41) is 12.6. The van der Waals surface area contributed by atoms with Gasteiger partial charge in [-0.25, -0.2) is 0 Å². The van der Waals surface area contributed by atoms with E-state index in [1.54, 1.807) is 0 Å². The molecule has 0 radical (unpaired) electrons. The molecule has 20 heavy (non-hydrogen) atoms. The van der Waals surface area contributed by atoms with E-state index in [1.165, 1.54) is 0 Å². The Morgan fingerprint density at radius 1 is 1.40 bits per heavy atom. The molecular formula is C16H25NO3. The Morgan fingerprint density at radius 3 is 2.70 bits per heavy atom. The molecule has 0 spiro atoms. The number of hydrogen-bond acceptors (Lipinski definition) is 3. The lowest BCUT2D eigenvalue weighted by atomic mass is 9.87. The molecule has 1 aromatic carbocycles. The molecule has 0 aliphatic carbocycles. The molecule has 2 N–H and O–H groups in total. The number of rotatable bonds is 6. The predicted molar refractivity (Wildman–Crippen MR) is 79.8 cm³/mol. The molecule has 1 amide bonds. The number of aryl methyl sites for hydroxylation is 1. The van der Waals surface area contributed by atoms with Crippen molar-refractivity contribution in [1.29, 1.82) is 0 Å². The molecule has 0 fully saturated rings. The third-order valence-corrected chi connectivity index (χ3v) is 3.10. The molecule has 0 saturated heterocycles. The van der Waals surface area contributed by atoms with Crippen LogP contribution in [0.2, 0.25) is 0 Å². The first kappa shape index (κ1) is 16.5. The number of aliphatic hydroxyl groups is 1. The Kier molecular flexibility index (Phi) is 6.02. The van der Waals surface area contributed by atoms with Gasteiger partial charge in [0.25, 0.3) is 5.91 Å². The second-order valence-electron chi connectivity index (χ2n) is 6.13. The molecule has 1 aromatic rings. The fourth-order valence-electron chi connectivity index (χ4n) is 1.69. The molecule has 0 aliphatic rings. The van der Waals surface area contributed by atoms with Gasteiger partial charge in [0, 0.05) is 6.54 Å². The standard InChI is InChI=1S/C16H25NO3/c1-12-6-5-7-13(10-12)20-11-15(19)17-9-8-14(18)16(2,3)4/h5-7,10,14,18H,8-9,11H2,1-4H3,(H,17,19). The minimum Gasteiger partial charge on any atom is -0.484 e. The number of carbonyl (C=O) groups excluding carboxylic acids is 1. The van der Waals surface area contributed by atoms with Crippen LogP contribution in [0.15, 0.2) is 24.3 Å². The quantitative estimate of drug-likeness (QED) is 0.840. The zero-order valence-electron chi connectivity index (χ0n) is 12.8. The number of nitrogens with one attached hydrogen (secondary N) is 1. The number of ether oxygens (including phenoxy) is 1. The number of aliphatic hydroxyl groups excluding tert-OH is 1. The van der Waals surface area contributed by atoms with E-state index < -0.39 is 6.10 Å². The first-order valence-electron chi connectivity index (χ1n) is 6.93. The molecule has 4 heteroatoms. The van der Waals surface area contributed by atoms with Gasteiger partial charge >= 0.3 is 0 Å². The molecule has 1 atom stereocenters.